The molecule has 1 aliphatic rings. The molecule has 0 spiro atoms. The number of nitrogens with zero attached hydrogens (tertiary/aromatic N) is 2. The molecule has 2 rings (SSSR count). The van der Waals surface area contributed by atoms with E-state index >= 15 is 0 Å². The van der Waals surface area contributed by atoms with Gasteiger partial charge in [-0.1, -0.05) is 33.1 Å². The Morgan fingerprint density at radius 1 is 1.26 bits per heavy atom. The number of hydrogen-bond donors (Lipinski definition) is 2. The zero-order valence-electron chi connectivity index (χ0n) is 16.0. The summed E-state index contributed by atoms with van der Waals surface area (Å²) >= 11 is 0. The van der Waals surface area contributed by atoms with E-state index in [0.29, 0.717) is 13.0 Å². The minimum absolute atomic E-state index is 0.0285. The lowest BCUT2D eigenvalue weighted by Gasteiger charge is -2.29. The standard InChI is InChI=1S/C18H28N4O5/c1-3-5-10-21-16(19)15(17(25)20-18(21)26)22(12-8-6-7-9-12)13(23)11-27-14(24)4-2/h12H,3-11,19H2,1-2H3,(H,20,25,26). The molecular weight excluding hydrogens is 352 g/mol. The number of unbranched alkanes of at least 4 members (excludes halogenated alkanes) is 1. The molecule has 0 aliphatic heterocycles. The van der Waals surface area contributed by atoms with Crippen LogP contribution in [0.4, 0.5) is 11.5 Å². The van der Waals surface area contributed by atoms with Crippen LogP contribution in [0.5, 0.6) is 0 Å². The number of nitrogen functional groups attached to an aromatic ring is 1. The molecule has 1 aliphatic carbocycles. The second-order valence-corrected chi connectivity index (χ2v) is 6.71. The normalized spacial score (nSPS) is 14.3. The molecule has 1 heterocycles. The van der Waals surface area contributed by atoms with Crippen LogP contribution in [0.2, 0.25) is 0 Å². The van der Waals surface area contributed by atoms with E-state index < -0.39 is 29.7 Å². The average Bonchev–Trinajstić information content (AvgIpc) is 3.16. The summed E-state index contributed by atoms with van der Waals surface area (Å²) in [6, 6.07) is -0.210. The van der Waals surface area contributed by atoms with Gasteiger partial charge in [-0.05, 0) is 19.3 Å². The highest BCUT2D eigenvalue weighted by Gasteiger charge is 2.33. The minimum atomic E-state index is -0.702. The summed E-state index contributed by atoms with van der Waals surface area (Å²) in [6.45, 7) is 3.50. The molecule has 27 heavy (non-hydrogen) atoms. The van der Waals surface area contributed by atoms with Crippen LogP contribution in [0.25, 0.3) is 0 Å². The highest BCUT2D eigenvalue weighted by molar-refractivity contribution is 5.97. The fourth-order valence-corrected chi connectivity index (χ4v) is 3.34. The molecule has 0 saturated heterocycles. The molecule has 3 N–H and O–H groups in total. The van der Waals surface area contributed by atoms with Crippen molar-refractivity contribution in [2.45, 2.75) is 71.4 Å². The Morgan fingerprint density at radius 3 is 2.52 bits per heavy atom. The molecule has 1 amide bonds. The van der Waals surface area contributed by atoms with Crippen LogP contribution in [-0.4, -0.2) is 34.1 Å². The lowest BCUT2D eigenvalue weighted by molar-refractivity contribution is -0.147. The first-order valence-electron chi connectivity index (χ1n) is 9.50. The highest BCUT2D eigenvalue weighted by atomic mass is 16.5. The van der Waals surface area contributed by atoms with Crippen LogP contribution in [-0.2, 0) is 20.9 Å². The molecule has 9 heteroatoms. The van der Waals surface area contributed by atoms with Crippen molar-refractivity contribution in [1.82, 2.24) is 9.55 Å². The molecule has 9 nitrogen and oxygen atoms in total. The van der Waals surface area contributed by atoms with Crippen molar-refractivity contribution < 1.29 is 14.3 Å². The average molecular weight is 380 g/mol. The number of hydrogen-bond acceptors (Lipinski definition) is 6. The molecule has 1 aromatic heterocycles. The number of ether oxygens (including phenoxy) is 1. The number of aromatic amines is 1. The molecule has 0 unspecified atom stereocenters. The van der Waals surface area contributed by atoms with Gasteiger partial charge in [-0.25, -0.2) is 4.79 Å². The molecular formula is C18H28N4O5. The van der Waals surface area contributed by atoms with Gasteiger partial charge in [0.15, 0.2) is 12.3 Å². The predicted molar refractivity (Wildman–Crippen MR) is 102 cm³/mol. The Labute approximate surface area is 157 Å². The van der Waals surface area contributed by atoms with Gasteiger partial charge in [0.1, 0.15) is 5.82 Å². The fraction of sp³-hybridized carbons (Fsp3) is 0.667. The number of nitrogens with one attached hydrogen (secondary N) is 1. The second kappa shape index (κ2) is 9.38. The topological polar surface area (TPSA) is 127 Å². The van der Waals surface area contributed by atoms with Gasteiger partial charge in [-0.2, -0.15) is 0 Å². The lowest BCUT2D eigenvalue weighted by Crippen LogP contribution is -2.47. The molecule has 0 radical (unpaired) electrons. The van der Waals surface area contributed by atoms with E-state index in [1.54, 1.807) is 6.92 Å². The van der Waals surface area contributed by atoms with Crippen LogP contribution >= 0.6 is 0 Å². The summed E-state index contributed by atoms with van der Waals surface area (Å²) in [5, 5.41) is 0. The number of rotatable bonds is 8. The second-order valence-electron chi connectivity index (χ2n) is 6.71. The molecule has 150 valence electrons. The SMILES string of the molecule is CCCCn1c(N)c(N(C(=O)COC(=O)CC)C2CCCC2)c(=O)[nH]c1=O. The highest BCUT2D eigenvalue weighted by Crippen LogP contribution is 2.29. The van der Waals surface area contributed by atoms with Crippen molar-refractivity contribution in [1.29, 1.82) is 0 Å². The van der Waals surface area contributed by atoms with E-state index in [4.69, 9.17) is 10.5 Å². The fourth-order valence-electron chi connectivity index (χ4n) is 3.34. The monoisotopic (exact) mass is 380 g/mol. The number of amides is 1. The van der Waals surface area contributed by atoms with Gasteiger partial charge in [0.2, 0.25) is 0 Å². The van der Waals surface area contributed by atoms with E-state index in [1.165, 1.54) is 9.47 Å². The molecule has 0 aromatic carbocycles. The zero-order valence-corrected chi connectivity index (χ0v) is 16.0. The number of esters is 1. The molecule has 0 bridgehead atoms. The molecule has 1 fully saturated rings. The van der Waals surface area contributed by atoms with Crippen molar-refractivity contribution in [2.24, 2.45) is 0 Å². The van der Waals surface area contributed by atoms with Crippen molar-refractivity contribution in [2.75, 3.05) is 17.2 Å². The van der Waals surface area contributed by atoms with Crippen molar-refractivity contribution in [3.05, 3.63) is 20.8 Å². The molecule has 1 saturated carbocycles. The van der Waals surface area contributed by atoms with Crippen LogP contribution in [0.3, 0.4) is 0 Å². The third kappa shape index (κ3) is 4.78. The minimum Gasteiger partial charge on any atom is -0.456 e. The predicted octanol–water partition coefficient (Wildman–Crippen LogP) is 1.15. The largest absolute Gasteiger partial charge is 0.456 e. The van der Waals surface area contributed by atoms with E-state index in [9.17, 15) is 19.2 Å². The first-order valence-corrected chi connectivity index (χ1v) is 9.50. The summed E-state index contributed by atoms with van der Waals surface area (Å²) in [7, 11) is 0. The number of carbonyl (C=O) groups is 2. The maximum atomic E-state index is 12.8. The van der Waals surface area contributed by atoms with Gasteiger partial charge < -0.3 is 10.5 Å². The maximum absolute atomic E-state index is 12.8. The van der Waals surface area contributed by atoms with Gasteiger partial charge in [-0.3, -0.25) is 28.8 Å². The van der Waals surface area contributed by atoms with Gasteiger partial charge in [0.25, 0.3) is 11.5 Å². The van der Waals surface area contributed by atoms with E-state index in [2.05, 4.69) is 4.98 Å². The Bertz CT molecular complexity index is 792. The van der Waals surface area contributed by atoms with E-state index in [0.717, 1.165) is 32.1 Å². The number of H-pyrrole nitrogens is 1. The smallest absolute Gasteiger partial charge is 0.330 e. The summed E-state index contributed by atoms with van der Waals surface area (Å²) in [5.74, 6) is -1.04. The Balaban J connectivity index is 2.45. The van der Waals surface area contributed by atoms with Crippen molar-refractivity contribution in [3.63, 3.8) is 0 Å². The first-order chi connectivity index (χ1) is 12.9. The summed E-state index contributed by atoms with van der Waals surface area (Å²) in [6.07, 6.45) is 5.01. The lowest BCUT2D eigenvalue weighted by atomic mass is 10.2. The molecule has 1 aromatic rings. The van der Waals surface area contributed by atoms with Crippen LogP contribution in [0.1, 0.15) is 58.8 Å². The summed E-state index contributed by atoms with van der Waals surface area (Å²) in [4.78, 5) is 52.5. The summed E-state index contributed by atoms with van der Waals surface area (Å²) in [5.41, 5.74) is 4.83. The third-order valence-corrected chi connectivity index (χ3v) is 4.79. The van der Waals surface area contributed by atoms with Crippen molar-refractivity contribution >= 4 is 23.4 Å². The Hall–Kier alpha value is -2.58. The van der Waals surface area contributed by atoms with Crippen LogP contribution in [0.15, 0.2) is 9.59 Å². The van der Waals surface area contributed by atoms with E-state index in [-0.39, 0.29) is 24.0 Å². The number of carbonyl (C=O) groups excluding carboxylic acids is 2. The zero-order chi connectivity index (χ0) is 20.0. The van der Waals surface area contributed by atoms with Gasteiger partial charge >= 0.3 is 11.7 Å². The number of nitrogens with two attached hydrogens (primary N) is 1. The quantitative estimate of drug-likeness (QED) is 0.651. The number of aromatic nitrogens is 2. The maximum Gasteiger partial charge on any atom is 0.330 e. The Morgan fingerprint density at radius 2 is 1.93 bits per heavy atom. The third-order valence-electron chi connectivity index (χ3n) is 4.79. The van der Waals surface area contributed by atoms with Crippen molar-refractivity contribution in [3.8, 4) is 0 Å². The molecule has 0 atom stereocenters. The van der Waals surface area contributed by atoms with Gasteiger partial charge in [0, 0.05) is 19.0 Å². The number of anilines is 2. The van der Waals surface area contributed by atoms with Gasteiger partial charge in [0.05, 0.1) is 0 Å². The summed E-state index contributed by atoms with van der Waals surface area (Å²) < 4.78 is 6.25. The van der Waals surface area contributed by atoms with Crippen LogP contribution in [0, 0.1) is 0 Å². The first kappa shape index (κ1) is 20.7. The Kier molecular flexibility index (Phi) is 7.20. The van der Waals surface area contributed by atoms with E-state index in [1.807, 2.05) is 6.92 Å². The van der Waals surface area contributed by atoms with Crippen LogP contribution < -0.4 is 21.9 Å². The van der Waals surface area contributed by atoms with Gasteiger partial charge in [-0.15, -0.1) is 0 Å².